The van der Waals surface area contributed by atoms with Crippen LogP contribution in [0.3, 0.4) is 0 Å². The van der Waals surface area contributed by atoms with E-state index < -0.39 is 29.5 Å². The molecule has 5 aromatic rings. The molecule has 4 amide bonds. The van der Waals surface area contributed by atoms with Crippen LogP contribution < -0.4 is 10.6 Å². The Labute approximate surface area is 398 Å². The van der Waals surface area contributed by atoms with Crippen molar-refractivity contribution in [3.8, 4) is 10.4 Å². The van der Waals surface area contributed by atoms with Gasteiger partial charge in [0, 0.05) is 66.9 Å². The maximum absolute atomic E-state index is 14.0. The highest BCUT2D eigenvalue weighted by Gasteiger charge is 2.44. The van der Waals surface area contributed by atoms with Crippen LogP contribution in [0.25, 0.3) is 32.2 Å². The molecule has 360 valence electrons. The molecule has 0 spiro atoms. The van der Waals surface area contributed by atoms with E-state index in [2.05, 4.69) is 74.5 Å². The van der Waals surface area contributed by atoms with Gasteiger partial charge in [-0.1, -0.05) is 88.2 Å². The molecule has 3 heterocycles. The second-order valence-corrected chi connectivity index (χ2v) is 19.7. The number of aryl methyl sites for hydroxylation is 2. The molecule has 3 aromatic carbocycles. The summed E-state index contributed by atoms with van der Waals surface area (Å²) in [5.74, 6) is -1.03. The first-order valence-corrected chi connectivity index (χ1v) is 24.8. The predicted molar refractivity (Wildman–Crippen MR) is 261 cm³/mol. The lowest BCUT2D eigenvalue weighted by Crippen LogP contribution is -2.57. The van der Waals surface area contributed by atoms with E-state index in [0.29, 0.717) is 39.4 Å². The fraction of sp³-hybridized carbons (Fsp3) is 0.519. The number of para-hydroxylation sites is 1. The Morgan fingerprint density at radius 1 is 0.866 bits per heavy atom. The summed E-state index contributed by atoms with van der Waals surface area (Å²) in [6.07, 6.45) is 3.93. The van der Waals surface area contributed by atoms with Crippen LogP contribution in [-0.2, 0) is 53.0 Å². The Morgan fingerprint density at radius 2 is 1.52 bits per heavy atom. The number of β-amino-alcohol motifs (C(OH)–C–C–N with tert-alkyl or cyclic N) is 1. The van der Waals surface area contributed by atoms with Gasteiger partial charge in [0.25, 0.3) is 0 Å². The van der Waals surface area contributed by atoms with Crippen molar-refractivity contribution in [1.82, 2.24) is 30.0 Å². The summed E-state index contributed by atoms with van der Waals surface area (Å²) in [7, 11) is 0. The van der Waals surface area contributed by atoms with Gasteiger partial charge >= 0.3 is 0 Å². The van der Waals surface area contributed by atoms with Crippen molar-refractivity contribution in [1.29, 1.82) is 0 Å². The number of rotatable bonds is 22. The smallest absolute Gasteiger partial charge is 0.246 e. The van der Waals surface area contributed by atoms with E-state index in [4.69, 9.17) is 14.2 Å². The number of hydrogen-bond donors (Lipinski definition) is 3. The standard InChI is InChI=1S/C52H68N6O8S/c1-6-56-43-14-10-9-13-41(43)42-20-17-37(29-44(42)56)32-57(39-11-7-8-12-39)47(61)22-24-65-26-28-66-27-25-64-23-21-46(60)55-49(52(3,4)5)51(63)58-33-40(59)30-45(58)50(62)53-31-36-15-18-38(19-16-36)48-35(2)54-34-67-48/h9-10,13-20,29,34,39-40,45,49,59H,6-8,11-12,21-28,30-33H2,1-5H3,(H,53,62)(H,55,60)/t40-,45+,49-/m1/s1. The third-order valence-electron chi connectivity index (χ3n) is 13.0. The second kappa shape index (κ2) is 23.2. The minimum absolute atomic E-state index is 0.00148. The first-order chi connectivity index (χ1) is 32.3. The molecule has 15 heteroatoms. The molecule has 0 radical (unpaired) electrons. The van der Waals surface area contributed by atoms with Crippen LogP contribution in [0.15, 0.2) is 72.2 Å². The topological polar surface area (TPSA) is 165 Å². The molecule has 1 saturated heterocycles. The van der Waals surface area contributed by atoms with Gasteiger partial charge in [-0.25, -0.2) is 4.98 Å². The number of thiazole rings is 1. The number of amides is 4. The fourth-order valence-electron chi connectivity index (χ4n) is 9.39. The van der Waals surface area contributed by atoms with Crippen LogP contribution in [0.4, 0.5) is 0 Å². The van der Waals surface area contributed by atoms with E-state index in [9.17, 15) is 24.3 Å². The molecule has 1 saturated carbocycles. The average molecular weight is 937 g/mol. The van der Waals surface area contributed by atoms with E-state index in [-0.39, 0.29) is 62.9 Å². The number of nitrogens with zero attached hydrogens (tertiary/aromatic N) is 4. The molecular weight excluding hydrogens is 869 g/mol. The molecule has 14 nitrogen and oxygen atoms in total. The lowest BCUT2D eigenvalue weighted by molar-refractivity contribution is -0.144. The Bertz CT molecular complexity index is 2460. The Balaban J connectivity index is 0.784. The number of fused-ring (bicyclic) bond motifs is 3. The monoisotopic (exact) mass is 936 g/mol. The second-order valence-electron chi connectivity index (χ2n) is 18.9. The van der Waals surface area contributed by atoms with E-state index in [1.165, 1.54) is 26.7 Å². The number of aromatic nitrogens is 2. The van der Waals surface area contributed by atoms with Gasteiger partial charge in [0.05, 0.1) is 68.2 Å². The van der Waals surface area contributed by atoms with Crippen molar-refractivity contribution in [3.63, 3.8) is 0 Å². The fourth-order valence-corrected chi connectivity index (χ4v) is 10.2. The molecule has 1 aliphatic heterocycles. The minimum Gasteiger partial charge on any atom is -0.391 e. The van der Waals surface area contributed by atoms with Crippen molar-refractivity contribution in [2.24, 2.45) is 5.41 Å². The molecule has 7 rings (SSSR count). The summed E-state index contributed by atoms with van der Waals surface area (Å²) in [6, 6.07) is 21.5. The number of aliphatic hydroxyl groups excluding tert-OH is 1. The predicted octanol–water partition coefficient (Wildman–Crippen LogP) is 7.16. The summed E-state index contributed by atoms with van der Waals surface area (Å²) < 4.78 is 19.5. The van der Waals surface area contributed by atoms with Crippen LogP contribution in [-0.4, -0.2) is 119 Å². The van der Waals surface area contributed by atoms with E-state index in [1.54, 1.807) is 11.3 Å². The highest BCUT2D eigenvalue weighted by Crippen LogP contribution is 2.32. The summed E-state index contributed by atoms with van der Waals surface area (Å²) in [5.41, 5.74) is 7.64. The van der Waals surface area contributed by atoms with Crippen LogP contribution in [0.1, 0.15) is 89.5 Å². The quantitative estimate of drug-likeness (QED) is 0.0612. The van der Waals surface area contributed by atoms with Crippen LogP contribution in [0.2, 0.25) is 0 Å². The number of ether oxygens (including phenoxy) is 3. The SMILES string of the molecule is CCn1c2ccccc2c2ccc(CN(C(=O)CCOCCOCCOCCC(=O)N[C@H](C(=O)N3C[C@H](O)C[C@H]3C(=O)NCc3ccc(-c4scnc4C)cc3)C(C)(C)C)C3CCCC3)cc21. The molecule has 0 bridgehead atoms. The van der Waals surface area contributed by atoms with Gasteiger partial charge in [-0.3, -0.25) is 19.2 Å². The number of benzene rings is 3. The average Bonchev–Trinajstić information content (AvgIpc) is 4.14. The lowest BCUT2D eigenvalue weighted by atomic mass is 9.85. The molecule has 2 aliphatic rings. The van der Waals surface area contributed by atoms with Gasteiger partial charge < -0.3 is 44.3 Å². The normalized spacial score (nSPS) is 17.1. The lowest BCUT2D eigenvalue weighted by Gasteiger charge is -2.35. The van der Waals surface area contributed by atoms with Crippen molar-refractivity contribution in [2.45, 2.75) is 123 Å². The molecule has 67 heavy (non-hydrogen) atoms. The molecule has 3 N–H and O–H groups in total. The highest BCUT2D eigenvalue weighted by atomic mass is 32.1. The zero-order valence-electron chi connectivity index (χ0n) is 39.8. The summed E-state index contributed by atoms with van der Waals surface area (Å²) in [5, 5.41) is 18.9. The third kappa shape index (κ3) is 12.7. The Hall–Kier alpha value is -5.19. The number of carbonyl (C=O) groups excluding carboxylic acids is 4. The molecule has 1 aliphatic carbocycles. The Kier molecular flexibility index (Phi) is 17.2. The summed E-state index contributed by atoms with van der Waals surface area (Å²) >= 11 is 1.58. The maximum Gasteiger partial charge on any atom is 0.246 e. The number of aliphatic hydroxyl groups is 1. The van der Waals surface area contributed by atoms with Gasteiger partial charge in [0.15, 0.2) is 0 Å². The van der Waals surface area contributed by atoms with E-state index >= 15 is 0 Å². The molecule has 2 aromatic heterocycles. The number of hydrogen-bond acceptors (Lipinski definition) is 10. The maximum atomic E-state index is 14.0. The third-order valence-corrected chi connectivity index (χ3v) is 14.0. The van der Waals surface area contributed by atoms with E-state index in [1.807, 2.05) is 57.5 Å². The Morgan fingerprint density at radius 3 is 2.19 bits per heavy atom. The summed E-state index contributed by atoms with van der Waals surface area (Å²) in [4.78, 5) is 63.0. The van der Waals surface area contributed by atoms with Crippen molar-refractivity contribution in [3.05, 3.63) is 89.1 Å². The number of nitrogens with one attached hydrogen (secondary N) is 2. The molecule has 0 unspecified atom stereocenters. The van der Waals surface area contributed by atoms with Gasteiger partial charge in [-0.2, -0.15) is 0 Å². The highest BCUT2D eigenvalue weighted by molar-refractivity contribution is 7.13. The number of likely N-dealkylation sites (tertiary alicyclic amines) is 1. The first kappa shape index (κ1) is 49.7. The molecular formula is C52H68N6O8S. The van der Waals surface area contributed by atoms with Gasteiger partial charge in [0.2, 0.25) is 23.6 Å². The van der Waals surface area contributed by atoms with Crippen LogP contribution in [0, 0.1) is 12.3 Å². The molecule has 3 atom stereocenters. The van der Waals surface area contributed by atoms with E-state index in [0.717, 1.165) is 59.5 Å². The van der Waals surface area contributed by atoms with Crippen LogP contribution in [0.5, 0.6) is 0 Å². The first-order valence-electron chi connectivity index (χ1n) is 23.9. The summed E-state index contributed by atoms with van der Waals surface area (Å²) in [6.45, 7) is 13.1. The largest absolute Gasteiger partial charge is 0.391 e. The van der Waals surface area contributed by atoms with Gasteiger partial charge in [0.1, 0.15) is 12.1 Å². The van der Waals surface area contributed by atoms with Gasteiger partial charge in [-0.05, 0) is 60.9 Å². The zero-order valence-corrected chi connectivity index (χ0v) is 40.6. The zero-order chi connectivity index (χ0) is 47.5. The van der Waals surface area contributed by atoms with Crippen molar-refractivity contribution < 1.29 is 38.5 Å². The number of carbonyl (C=O) groups is 4. The molecule has 2 fully saturated rings. The minimum atomic E-state index is -0.928. The van der Waals surface area contributed by atoms with Crippen molar-refractivity contribution in [2.75, 3.05) is 46.2 Å². The van der Waals surface area contributed by atoms with Crippen LogP contribution >= 0.6 is 11.3 Å². The van der Waals surface area contributed by atoms with Gasteiger partial charge in [-0.15, -0.1) is 11.3 Å². The van der Waals surface area contributed by atoms with Crippen molar-refractivity contribution >= 4 is 56.8 Å².